The van der Waals surface area contributed by atoms with E-state index in [0.29, 0.717) is 35.4 Å². The van der Waals surface area contributed by atoms with Crippen molar-refractivity contribution >= 4 is 21.7 Å². The molecule has 1 aliphatic heterocycles. The first-order chi connectivity index (χ1) is 16.8. The highest BCUT2D eigenvalue weighted by Crippen LogP contribution is 2.53. The average molecular weight is 498 g/mol. The van der Waals surface area contributed by atoms with Gasteiger partial charge in [-0.15, -0.1) is 0 Å². The van der Waals surface area contributed by atoms with Crippen molar-refractivity contribution in [2.45, 2.75) is 68.0 Å². The molecule has 0 saturated heterocycles. The Labute approximate surface area is 205 Å². The number of aliphatic hydroxyl groups is 2. The summed E-state index contributed by atoms with van der Waals surface area (Å²) in [6.07, 6.45) is 6.42. The molecule has 7 nitrogen and oxygen atoms in total. The van der Waals surface area contributed by atoms with Crippen molar-refractivity contribution in [3.8, 4) is 0 Å². The highest BCUT2D eigenvalue weighted by molar-refractivity contribution is 7.92. The summed E-state index contributed by atoms with van der Waals surface area (Å²) < 4.78 is 34.0. The van der Waals surface area contributed by atoms with Crippen LogP contribution in [0, 0.1) is 11.8 Å². The predicted molar refractivity (Wildman–Crippen MR) is 131 cm³/mol. The summed E-state index contributed by atoms with van der Waals surface area (Å²) in [5, 5.41) is 22.8. The summed E-state index contributed by atoms with van der Waals surface area (Å²) in [5.74, 6) is -4.10. The number of sulfonamides is 1. The minimum atomic E-state index is -3.79. The van der Waals surface area contributed by atoms with E-state index in [-0.39, 0.29) is 10.8 Å². The Kier molecular flexibility index (Phi) is 6.46. The molecule has 3 aliphatic rings. The zero-order valence-corrected chi connectivity index (χ0v) is 20.3. The zero-order chi connectivity index (χ0) is 24.6. The molecule has 186 valence electrons. The van der Waals surface area contributed by atoms with Crippen molar-refractivity contribution in [3.63, 3.8) is 0 Å². The van der Waals surface area contributed by atoms with Crippen molar-refractivity contribution in [2.24, 2.45) is 11.8 Å². The van der Waals surface area contributed by atoms with Crippen LogP contribution in [0.25, 0.3) is 0 Å². The van der Waals surface area contributed by atoms with Crippen LogP contribution >= 0.6 is 0 Å². The van der Waals surface area contributed by atoms with Gasteiger partial charge >= 0.3 is 5.97 Å². The number of benzene rings is 2. The molecule has 35 heavy (non-hydrogen) atoms. The highest BCUT2D eigenvalue weighted by atomic mass is 32.2. The third-order valence-electron chi connectivity index (χ3n) is 7.34. The molecule has 8 heteroatoms. The molecule has 1 fully saturated rings. The summed E-state index contributed by atoms with van der Waals surface area (Å²) in [5.41, 5.74) is 1.46. The third kappa shape index (κ3) is 4.87. The van der Waals surface area contributed by atoms with Crippen LogP contribution in [0.15, 0.2) is 70.8 Å². The maximum absolute atomic E-state index is 13.2. The van der Waals surface area contributed by atoms with E-state index in [2.05, 4.69) is 4.72 Å². The van der Waals surface area contributed by atoms with Gasteiger partial charge in [-0.1, -0.05) is 43.2 Å². The molecule has 2 unspecified atom stereocenters. The van der Waals surface area contributed by atoms with E-state index in [1.165, 1.54) is 12.1 Å². The molecule has 5 rings (SSSR count). The van der Waals surface area contributed by atoms with Crippen molar-refractivity contribution < 1.29 is 28.2 Å². The molecule has 2 aliphatic carbocycles. The first-order valence-corrected chi connectivity index (χ1v) is 13.8. The Bertz CT molecular complexity index is 1230. The Balaban J connectivity index is 1.48. The van der Waals surface area contributed by atoms with Gasteiger partial charge in [-0.25, -0.2) is 8.42 Å². The van der Waals surface area contributed by atoms with Crippen LogP contribution in [0.3, 0.4) is 0 Å². The van der Waals surface area contributed by atoms with Crippen LogP contribution in [-0.2, 0) is 19.6 Å². The number of hydrogen-bond donors (Lipinski definition) is 3. The summed E-state index contributed by atoms with van der Waals surface area (Å²) >= 11 is 0. The molecule has 0 amide bonds. The monoisotopic (exact) mass is 497 g/mol. The maximum atomic E-state index is 13.2. The van der Waals surface area contributed by atoms with Crippen molar-refractivity contribution in [2.75, 3.05) is 4.72 Å². The molecule has 0 spiro atoms. The predicted octanol–water partition coefficient (Wildman–Crippen LogP) is 4.44. The Hall–Kier alpha value is -2.68. The van der Waals surface area contributed by atoms with E-state index in [9.17, 15) is 23.4 Å². The number of esters is 1. The number of allylic oxidation sites excluding steroid dienone is 1. The van der Waals surface area contributed by atoms with Gasteiger partial charge in [0.25, 0.3) is 10.0 Å². The van der Waals surface area contributed by atoms with Gasteiger partial charge in [0, 0.05) is 23.6 Å². The van der Waals surface area contributed by atoms with Crippen molar-refractivity contribution in [1.29, 1.82) is 0 Å². The quantitative estimate of drug-likeness (QED) is 0.402. The van der Waals surface area contributed by atoms with Gasteiger partial charge in [-0.05, 0) is 67.9 Å². The molecule has 0 aromatic heterocycles. The molecule has 0 bridgehead atoms. The maximum Gasteiger partial charge on any atom is 0.320 e. The second-order valence-corrected chi connectivity index (χ2v) is 11.5. The topological polar surface area (TPSA) is 113 Å². The minimum absolute atomic E-state index is 0.0860. The van der Waals surface area contributed by atoms with E-state index in [0.717, 1.165) is 38.5 Å². The lowest BCUT2D eigenvalue weighted by atomic mass is 9.72. The number of rotatable bonds is 6. The fourth-order valence-corrected chi connectivity index (χ4v) is 6.55. The fraction of sp³-hybridized carbons (Fsp3) is 0.444. The van der Waals surface area contributed by atoms with Crippen molar-refractivity contribution in [1.82, 2.24) is 0 Å². The zero-order valence-electron chi connectivity index (χ0n) is 19.5. The molecule has 2 atom stereocenters. The summed E-state index contributed by atoms with van der Waals surface area (Å²) in [6, 6.07) is 15.0. The van der Waals surface area contributed by atoms with E-state index in [4.69, 9.17) is 4.74 Å². The molecule has 0 radical (unpaired) electrons. The van der Waals surface area contributed by atoms with Gasteiger partial charge in [0.1, 0.15) is 11.7 Å². The van der Waals surface area contributed by atoms with Gasteiger partial charge in [-0.3, -0.25) is 9.52 Å². The van der Waals surface area contributed by atoms with Gasteiger partial charge in [-0.2, -0.15) is 0 Å². The van der Waals surface area contributed by atoms with Crippen LogP contribution in [0.2, 0.25) is 0 Å². The Morgan fingerprint density at radius 2 is 1.66 bits per heavy atom. The first-order valence-electron chi connectivity index (χ1n) is 12.3. The van der Waals surface area contributed by atoms with E-state index in [1.807, 2.05) is 6.07 Å². The Morgan fingerprint density at radius 1 is 0.943 bits per heavy atom. The lowest BCUT2D eigenvalue weighted by Crippen LogP contribution is -2.51. The minimum Gasteiger partial charge on any atom is -0.431 e. The largest absolute Gasteiger partial charge is 0.431 e. The number of hydrogen-bond acceptors (Lipinski definition) is 6. The SMILES string of the molecule is O=C1OC2=C(CCCCCC2)C(O)(O)C1C(c1cccc(NS(=O)(=O)c2ccccc2)c1)C1CC1. The van der Waals surface area contributed by atoms with Gasteiger partial charge in [0.15, 0.2) is 0 Å². The summed E-state index contributed by atoms with van der Waals surface area (Å²) in [6.45, 7) is 0. The number of carbonyl (C=O) groups excluding carboxylic acids is 1. The smallest absolute Gasteiger partial charge is 0.320 e. The third-order valence-corrected chi connectivity index (χ3v) is 8.74. The fourth-order valence-electron chi connectivity index (χ4n) is 5.48. The molecule has 1 heterocycles. The van der Waals surface area contributed by atoms with Crippen LogP contribution in [-0.4, -0.2) is 30.4 Å². The number of anilines is 1. The molecule has 1 saturated carbocycles. The van der Waals surface area contributed by atoms with Crippen LogP contribution in [0.4, 0.5) is 5.69 Å². The number of nitrogens with one attached hydrogen (secondary N) is 1. The summed E-state index contributed by atoms with van der Waals surface area (Å²) in [7, 11) is -3.79. The molecule has 2 aromatic carbocycles. The molecular formula is C27H31NO6S. The van der Waals surface area contributed by atoms with E-state index < -0.39 is 33.6 Å². The van der Waals surface area contributed by atoms with Gasteiger partial charge in [0.05, 0.1) is 4.90 Å². The van der Waals surface area contributed by atoms with Crippen LogP contribution in [0.5, 0.6) is 0 Å². The van der Waals surface area contributed by atoms with E-state index in [1.54, 1.807) is 36.4 Å². The average Bonchev–Trinajstić information content (AvgIpc) is 3.63. The molecule has 3 N–H and O–H groups in total. The Morgan fingerprint density at radius 3 is 2.37 bits per heavy atom. The number of ether oxygens (including phenoxy) is 1. The lowest BCUT2D eigenvalue weighted by molar-refractivity contribution is -0.208. The second-order valence-electron chi connectivity index (χ2n) is 9.85. The first kappa shape index (κ1) is 24.0. The highest BCUT2D eigenvalue weighted by Gasteiger charge is 2.56. The lowest BCUT2D eigenvalue weighted by Gasteiger charge is -2.42. The summed E-state index contributed by atoms with van der Waals surface area (Å²) in [4.78, 5) is 13.4. The van der Waals surface area contributed by atoms with E-state index >= 15 is 0 Å². The van der Waals surface area contributed by atoms with Crippen LogP contribution < -0.4 is 4.72 Å². The van der Waals surface area contributed by atoms with Crippen LogP contribution in [0.1, 0.15) is 62.8 Å². The standard InChI is InChI=1S/C27H31NO6S/c29-26-25(27(30,31)22-13-6-1-2-7-14-23(22)34-26)24(18-15-16-18)19-9-8-10-20(17-19)28-35(32,33)21-11-4-3-5-12-21/h3-5,8-12,17-18,24-25,28,30-31H,1-2,6-7,13-16H2. The van der Waals surface area contributed by atoms with Gasteiger partial charge in [0.2, 0.25) is 5.79 Å². The van der Waals surface area contributed by atoms with Crippen molar-refractivity contribution in [3.05, 3.63) is 71.5 Å². The molecule has 2 aromatic rings. The second kappa shape index (κ2) is 9.41. The normalized spacial score (nSPS) is 23.5. The molecular weight excluding hydrogens is 466 g/mol. The number of carbonyl (C=O) groups is 1. The van der Waals surface area contributed by atoms with Gasteiger partial charge < -0.3 is 14.9 Å².